The van der Waals surface area contributed by atoms with Crippen LogP contribution in [-0.4, -0.2) is 18.0 Å². The van der Waals surface area contributed by atoms with Crippen LogP contribution in [-0.2, 0) is 4.79 Å². The lowest BCUT2D eigenvalue weighted by Crippen LogP contribution is -2.52. The van der Waals surface area contributed by atoms with Gasteiger partial charge in [0.05, 0.1) is 6.54 Å². The zero-order chi connectivity index (χ0) is 13.0. The van der Waals surface area contributed by atoms with E-state index in [4.69, 9.17) is 0 Å². The van der Waals surface area contributed by atoms with Crippen LogP contribution in [0.15, 0.2) is 28.7 Å². The highest BCUT2D eigenvalue weighted by Crippen LogP contribution is 2.34. The van der Waals surface area contributed by atoms with Crippen molar-refractivity contribution >= 4 is 27.5 Å². The Kier molecular flexibility index (Phi) is 4.40. The van der Waals surface area contributed by atoms with Gasteiger partial charge < -0.3 is 10.6 Å². The SMILES string of the molecule is CCC1(NCC(=O)Nc2cccc(Br)c2)CCC1. The van der Waals surface area contributed by atoms with E-state index in [0.717, 1.165) is 16.6 Å². The van der Waals surface area contributed by atoms with E-state index in [1.54, 1.807) is 0 Å². The second kappa shape index (κ2) is 5.85. The molecule has 4 heteroatoms. The third-order valence-corrected chi connectivity index (χ3v) is 4.21. The number of carbonyl (C=O) groups is 1. The van der Waals surface area contributed by atoms with Crippen LogP contribution in [0.2, 0.25) is 0 Å². The van der Waals surface area contributed by atoms with Gasteiger partial charge in [-0.3, -0.25) is 4.79 Å². The second-order valence-electron chi connectivity index (χ2n) is 4.90. The fourth-order valence-electron chi connectivity index (χ4n) is 2.30. The summed E-state index contributed by atoms with van der Waals surface area (Å²) in [5, 5.41) is 6.29. The molecular formula is C14H19BrN2O. The Bertz CT molecular complexity index is 424. The lowest BCUT2D eigenvalue weighted by Gasteiger charge is -2.42. The summed E-state index contributed by atoms with van der Waals surface area (Å²) < 4.78 is 0.970. The summed E-state index contributed by atoms with van der Waals surface area (Å²) >= 11 is 3.39. The summed E-state index contributed by atoms with van der Waals surface area (Å²) in [6.07, 6.45) is 4.74. The van der Waals surface area contributed by atoms with Crippen molar-refractivity contribution in [1.82, 2.24) is 5.32 Å². The van der Waals surface area contributed by atoms with E-state index in [9.17, 15) is 4.79 Å². The minimum Gasteiger partial charge on any atom is -0.325 e. The number of rotatable bonds is 5. The largest absolute Gasteiger partial charge is 0.325 e. The molecule has 3 nitrogen and oxygen atoms in total. The predicted molar refractivity (Wildman–Crippen MR) is 77.6 cm³/mol. The Morgan fingerprint density at radius 1 is 1.44 bits per heavy atom. The van der Waals surface area contributed by atoms with Gasteiger partial charge in [-0.2, -0.15) is 0 Å². The van der Waals surface area contributed by atoms with E-state index in [1.807, 2.05) is 24.3 Å². The van der Waals surface area contributed by atoms with Crippen LogP contribution >= 0.6 is 15.9 Å². The molecule has 2 N–H and O–H groups in total. The van der Waals surface area contributed by atoms with Crippen LogP contribution in [0, 0.1) is 0 Å². The Labute approximate surface area is 116 Å². The zero-order valence-corrected chi connectivity index (χ0v) is 12.2. The molecule has 0 aromatic heterocycles. The van der Waals surface area contributed by atoms with Crippen molar-refractivity contribution in [2.75, 3.05) is 11.9 Å². The molecule has 0 radical (unpaired) electrons. The topological polar surface area (TPSA) is 41.1 Å². The maximum Gasteiger partial charge on any atom is 0.238 e. The quantitative estimate of drug-likeness (QED) is 0.876. The van der Waals surface area contributed by atoms with Crippen molar-refractivity contribution in [1.29, 1.82) is 0 Å². The van der Waals surface area contributed by atoms with Gasteiger partial charge in [0, 0.05) is 15.7 Å². The summed E-state index contributed by atoms with van der Waals surface area (Å²) in [6.45, 7) is 2.57. The van der Waals surface area contributed by atoms with Gasteiger partial charge in [0.1, 0.15) is 0 Å². The number of nitrogens with one attached hydrogen (secondary N) is 2. The monoisotopic (exact) mass is 310 g/mol. The van der Waals surface area contributed by atoms with Crippen molar-refractivity contribution < 1.29 is 4.79 Å². The van der Waals surface area contributed by atoms with Gasteiger partial charge >= 0.3 is 0 Å². The highest BCUT2D eigenvalue weighted by molar-refractivity contribution is 9.10. The second-order valence-corrected chi connectivity index (χ2v) is 5.82. The van der Waals surface area contributed by atoms with Crippen molar-refractivity contribution in [3.8, 4) is 0 Å². The zero-order valence-electron chi connectivity index (χ0n) is 10.6. The van der Waals surface area contributed by atoms with E-state index in [-0.39, 0.29) is 11.4 Å². The Morgan fingerprint density at radius 3 is 2.78 bits per heavy atom. The highest BCUT2D eigenvalue weighted by atomic mass is 79.9. The van der Waals surface area contributed by atoms with Crippen LogP contribution < -0.4 is 10.6 Å². The van der Waals surface area contributed by atoms with Crippen LogP contribution in [0.25, 0.3) is 0 Å². The number of amides is 1. The van der Waals surface area contributed by atoms with Crippen LogP contribution in [0.1, 0.15) is 32.6 Å². The van der Waals surface area contributed by atoms with Gasteiger partial charge in [-0.25, -0.2) is 0 Å². The standard InChI is InChI=1S/C14H19BrN2O/c1-2-14(7-4-8-14)16-10-13(18)17-12-6-3-5-11(15)9-12/h3,5-6,9,16H,2,4,7-8,10H2,1H3,(H,17,18). The van der Waals surface area contributed by atoms with Gasteiger partial charge in [-0.15, -0.1) is 0 Å². The predicted octanol–water partition coefficient (Wildman–Crippen LogP) is 3.31. The molecule has 0 saturated heterocycles. The third-order valence-electron chi connectivity index (χ3n) is 3.72. The van der Waals surface area contributed by atoms with Crippen molar-refractivity contribution in [3.05, 3.63) is 28.7 Å². The first-order valence-electron chi connectivity index (χ1n) is 6.44. The minimum atomic E-state index is 0.0211. The maximum atomic E-state index is 11.8. The summed E-state index contributed by atoms with van der Waals surface area (Å²) in [7, 11) is 0. The summed E-state index contributed by atoms with van der Waals surface area (Å²) in [4.78, 5) is 11.8. The molecule has 1 fully saturated rings. The molecule has 1 saturated carbocycles. The molecule has 0 spiro atoms. The summed E-state index contributed by atoms with van der Waals surface area (Å²) in [5.41, 5.74) is 1.05. The molecule has 0 heterocycles. The van der Waals surface area contributed by atoms with Gasteiger partial charge in [0.2, 0.25) is 5.91 Å². The normalized spacial score (nSPS) is 17.0. The lowest BCUT2D eigenvalue weighted by molar-refractivity contribution is -0.116. The number of halogens is 1. The number of benzene rings is 1. The average Bonchev–Trinajstić information content (AvgIpc) is 2.28. The first kappa shape index (κ1) is 13.6. The molecule has 18 heavy (non-hydrogen) atoms. The van der Waals surface area contributed by atoms with Crippen LogP contribution in [0.4, 0.5) is 5.69 Å². The molecule has 0 aliphatic heterocycles. The maximum absolute atomic E-state index is 11.8. The van der Waals surface area contributed by atoms with Gasteiger partial charge in [-0.1, -0.05) is 28.9 Å². The molecule has 98 valence electrons. The Hall–Kier alpha value is -0.870. The first-order chi connectivity index (χ1) is 8.63. The van der Waals surface area contributed by atoms with Crippen molar-refractivity contribution in [3.63, 3.8) is 0 Å². The van der Waals surface area contributed by atoms with Crippen LogP contribution in [0.5, 0.6) is 0 Å². The average molecular weight is 311 g/mol. The Balaban J connectivity index is 1.82. The molecular weight excluding hydrogens is 292 g/mol. The van der Waals surface area contributed by atoms with Crippen LogP contribution in [0.3, 0.4) is 0 Å². The Morgan fingerprint density at radius 2 is 2.22 bits per heavy atom. The molecule has 0 atom stereocenters. The molecule has 2 rings (SSSR count). The molecule has 1 aromatic carbocycles. The van der Waals surface area contributed by atoms with Crippen molar-refractivity contribution in [2.24, 2.45) is 0 Å². The molecule has 0 bridgehead atoms. The van der Waals surface area contributed by atoms with E-state index in [0.29, 0.717) is 6.54 Å². The molecule has 0 unspecified atom stereocenters. The van der Waals surface area contributed by atoms with E-state index < -0.39 is 0 Å². The molecule has 1 aliphatic rings. The number of anilines is 1. The highest BCUT2D eigenvalue weighted by Gasteiger charge is 2.34. The summed E-state index contributed by atoms with van der Waals surface area (Å²) in [5.74, 6) is 0.0211. The summed E-state index contributed by atoms with van der Waals surface area (Å²) in [6, 6.07) is 7.64. The number of hydrogen-bond acceptors (Lipinski definition) is 2. The molecule has 1 amide bonds. The lowest BCUT2D eigenvalue weighted by atomic mass is 9.75. The van der Waals surface area contributed by atoms with Crippen molar-refractivity contribution in [2.45, 2.75) is 38.1 Å². The fourth-order valence-corrected chi connectivity index (χ4v) is 2.70. The smallest absolute Gasteiger partial charge is 0.238 e. The van der Waals surface area contributed by atoms with E-state index in [1.165, 1.54) is 19.3 Å². The molecule has 1 aromatic rings. The number of carbonyl (C=O) groups excluding carboxylic acids is 1. The number of hydrogen-bond donors (Lipinski definition) is 2. The van der Waals surface area contributed by atoms with Gasteiger partial charge in [-0.05, 0) is 43.9 Å². The minimum absolute atomic E-state index is 0.0211. The van der Waals surface area contributed by atoms with Gasteiger partial charge in [0.25, 0.3) is 0 Å². The molecule has 1 aliphatic carbocycles. The van der Waals surface area contributed by atoms with Gasteiger partial charge in [0.15, 0.2) is 0 Å². The van der Waals surface area contributed by atoms with E-state index in [2.05, 4.69) is 33.5 Å². The first-order valence-corrected chi connectivity index (χ1v) is 7.23. The van der Waals surface area contributed by atoms with E-state index >= 15 is 0 Å². The fraction of sp³-hybridized carbons (Fsp3) is 0.500. The third kappa shape index (κ3) is 3.33.